The number of ether oxygens (including phenoxy) is 1. The molecule has 0 spiro atoms. The first-order valence-electron chi connectivity index (χ1n) is 6.52. The Kier molecular flexibility index (Phi) is 8.90. The van der Waals surface area contributed by atoms with Crippen molar-refractivity contribution in [2.45, 2.75) is 39.7 Å². The van der Waals surface area contributed by atoms with Crippen molar-refractivity contribution >= 4 is 11.9 Å². The van der Waals surface area contributed by atoms with E-state index in [-0.39, 0.29) is 18.0 Å². The lowest BCUT2D eigenvalue weighted by molar-refractivity contribution is -0.121. The minimum absolute atomic E-state index is 0.0370. The molecule has 5 N–H and O–H groups in total. The van der Waals surface area contributed by atoms with Gasteiger partial charge in [0.25, 0.3) is 0 Å². The number of hydrogen-bond acceptors (Lipinski definition) is 4. The lowest BCUT2D eigenvalue weighted by Gasteiger charge is -2.19. The molecule has 19 heavy (non-hydrogen) atoms. The second kappa shape index (κ2) is 9.57. The fourth-order valence-corrected chi connectivity index (χ4v) is 1.29. The van der Waals surface area contributed by atoms with Crippen LogP contribution in [-0.2, 0) is 9.53 Å². The third-order valence-corrected chi connectivity index (χ3v) is 1.99. The Morgan fingerprint density at radius 1 is 1.37 bits per heavy atom. The van der Waals surface area contributed by atoms with Crippen molar-refractivity contribution in [1.82, 2.24) is 16.1 Å². The van der Waals surface area contributed by atoms with Gasteiger partial charge in [0.2, 0.25) is 11.9 Å². The van der Waals surface area contributed by atoms with Crippen LogP contribution in [0.3, 0.4) is 0 Å². The molecule has 0 aliphatic carbocycles. The molecule has 0 rings (SSSR count). The molecular weight excluding hydrogens is 246 g/mol. The van der Waals surface area contributed by atoms with Crippen molar-refractivity contribution in [2.24, 2.45) is 10.8 Å². The summed E-state index contributed by atoms with van der Waals surface area (Å²) in [4.78, 5) is 15.6. The Bertz CT molecular complexity index is 286. The van der Waals surface area contributed by atoms with E-state index in [0.717, 1.165) is 6.42 Å². The van der Waals surface area contributed by atoms with Crippen LogP contribution in [0, 0.1) is 0 Å². The summed E-state index contributed by atoms with van der Waals surface area (Å²) in [6.07, 6.45) is 0.850. The van der Waals surface area contributed by atoms with Crippen LogP contribution in [0.4, 0.5) is 0 Å². The smallest absolute Gasteiger partial charge is 0.242 e. The van der Waals surface area contributed by atoms with E-state index in [1.165, 1.54) is 0 Å². The molecule has 0 aliphatic rings. The van der Waals surface area contributed by atoms with Gasteiger partial charge in [0, 0.05) is 25.3 Å². The minimum atomic E-state index is -0.256. The molecule has 0 bridgehead atoms. The lowest BCUT2D eigenvalue weighted by atomic mass is 10.1. The van der Waals surface area contributed by atoms with Crippen LogP contribution in [0.1, 0.15) is 34.1 Å². The lowest BCUT2D eigenvalue weighted by Crippen LogP contribution is -2.45. The van der Waals surface area contributed by atoms with Gasteiger partial charge in [-0.1, -0.05) is 0 Å². The molecule has 0 unspecified atom stereocenters. The van der Waals surface area contributed by atoms with Gasteiger partial charge in [-0.25, -0.2) is 10.8 Å². The maximum atomic E-state index is 11.6. The van der Waals surface area contributed by atoms with Crippen molar-refractivity contribution in [3.8, 4) is 0 Å². The quantitative estimate of drug-likeness (QED) is 0.168. The molecule has 7 nitrogen and oxygen atoms in total. The van der Waals surface area contributed by atoms with Crippen molar-refractivity contribution in [3.63, 3.8) is 0 Å². The molecular formula is C12H27N5O2. The Hall–Kier alpha value is -1.34. The van der Waals surface area contributed by atoms with Crippen LogP contribution in [-0.4, -0.2) is 43.7 Å². The van der Waals surface area contributed by atoms with Crippen molar-refractivity contribution in [2.75, 3.05) is 26.3 Å². The predicted molar refractivity (Wildman–Crippen MR) is 76.6 cm³/mol. The molecule has 0 aliphatic heterocycles. The molecule has 7 heteroatoms. The molecule has 0 fully saturated rings. The van der Waals surface area contributed by atoms with E-state index in [1.54, 1.807) is 0 Å². The number of guanidine groups is 1. The van der Waals surface area contributed by atoms with E-state index in [2.05, 4.69) is 21.1 Å². The normalized spacial score (nSPS) is 12.2. The molecule has 0 aromatic heterocycles. The fraction of sp³-hybridized carbons (Fsp3) is 0.833. The van der Waals surface area contributed by atoms with Crippen LogP contribution in [0.15, 0.2) is 4.99 Å². The number of carbonyl (C=O) groups excluding carboxylic acids is 1. The minimum Gasteiger partial charge on any atom is -0.382 e. The number of carbonyl (C=O) groups is 1. The SMILES string of the molecule is CCOCCCNC(=NCC(=O)NC(C)(C)C)NN. The first-order chi connectivity index (χ1) is 8.89. The highest BCUT2D eigenvalue weighted by Crippen LogP contribution is 1.97. The first-order valence-corrected chi connectivity index (χ1v) is 6.52. The zero-order valence-electron chi connectivity index (χ0n) is 12.4. The topological polar surface area (TPSA) is 101 Å². The summed E-state index contributed by atoms with van der Waals surface area (Å²) in [6.45, 7) is 9.83. The molecule has 0 heterocycles. The van der Waals surface area contributed by atoms with Gasteiger partial charge in [-0.15, -0.1) is 0 Å². The second-order valence-corrected chi connectivity index (χ2v) is 5.08. The number of hydrogen-bond donors (Lipinski definition) is 4. The van der Waals surface area contributed by atoms with Gasteiger partial charge in [0.05, 0.1) is 0 Å². The highest BCUT2D eigenvalue weighted by Gasteiger charge is 2.12. The molecule has 0 saturated carbocycles. The second-order valence-electron chi connectivity index (χ2n) is 5.08. The first kappa shape index (κ1) is 17.7. The summed E-state index contributed by atoms with van der Waals surface area (Å²) in [7, 11) is 0. The summed E-state index contributed by atoms with van der Waals surface area (Å²) in [5.74, 6) is 5.58. The van der Waals surface area contributed by atoms with E-state index in [9.17, 15) is 4.79 Å². The van der Waals surface area contributed by atoms with Crippen LogP contribution in [0.5, 0.6) is 0 Å². The van der Waals surface area contributed by atoms with Crippen LogP contribution in [0.25, 0.3) is 0 Å². The van der Waals surface area contributed by atoms with Gasteiger partial charge in [-0.05, 0) is 34.1 Å². The summed E-state index contributed by atoms with van der Waals surface area (Å²) in [6, 6.07) is 0. The fourth-order valence-electron chi connectivity index (χ4n) is 1.29. The number of nitrogens with two attached hydrogens (primary N) is 1. The third kappa shape index (κ3) is 11.5. The van der Waals surface area contributed by atoms with E-state index in [4.69, 9.17) is 10.6 Å². The summed E-state index contributed by atoms with van der Waals surface area (Å²) >= 11 is 0. The van der Waals surface area contributed by atoms with Crippen LogP contribution in [0.2, 0.25) is 0 Å². The molecule has 0 saturated heterocycles. The molecule has 112 valence electrons. The van der Waals surface area contributed by atoms with E-state index in [0.29, 0.717) is 25.7 Å². The third-order valence-electron chi connectivity index (χ3n) is 1.99. The molecule has 1 amide bonds. The monoisotopic (exact) mass is 273 g/mol. The van der Waals surface area contributed by atoms with Crippen molar-refractivity contribution in [1.29, 1.82) is 0 Å². The number of rotatable bonds is 7. The average Bonchev–Trinajstić information content (AvgIpc) is 2.30. The molecule has 0 aromatic carbocycles. The Morgan fingerprint density at radius 2 is 2.05 bits per heavy atom. The maximum Gasteiger partial charge on any atom is 0.242 e. The van der Waals surface area contributed by atoms with Gasteiger partial charge >= 0.3 is 0 Å². The zero-order valence-corrected chi connectivity index (χ0v) is 12.4. The van der Waals surface area contributed by atoms with E-state index < -0.39 is 0 Å². The predicted octanol–water partition coefficient (Wildman–Crippen LogP) is -0.263. The Balaban J connectivity index is 3.94. The molecule has 0 aromatic rings. The number of hydrazine groups is 1. The highest BCUT2D eigenvalue weighted by molar-refractivity contribution is 5.84. The van der Waals surface area contributed by atoms with Crippen LogP contribution >= 0.6 is 0 Å². The van der Waals surface area contributed by atoms with Crippen molar-refractivity contribution < 1.29 is 9.53 Å². The standard InChI is InChI=1S/C12H27N5O2/c1-5-19-8-6-7-14-11(17-13)15-9-10(18)16-12(2,3)4/h5-9,13H2,1-4H3,(H,16,18)(H2,14,15,17). The zero-order chi connectivity index (χ0) is 14.7. The van der Waals surface area contributed by atoms with Crippen molar-refractivity contribution in [3.05, 3.63) is 0 Å². The van der Waals surface area contributed by atoms with Crippen LogP contribution < -0.4 is 21.9 Å². The molecule has 0 radical (unpaired) electrons. The van der Waals surface area contributed by atoms with Gasteiger partial charge in [-0.3, -0.25) is 10.2 Å². The van der Waals surface area contributed by atoms with E-state index >= 15 is 0 Å². The van der Waals surface area contributed by atoms with Gasteiger partial charge < -0.3 is 15.4 Å². The highest BCUT2D eigenvalue weighted by atomic mass is 16.5. The Labute approximate surface area is 115 Å². The number of aliphatic imine (C=N–C) groups is 1. The number of amides is 1. The van der Waals surface area contributed by atoms with Gasteiger partial charge in [0.15, 0.2) is 0 Å². The number of nitrogens with one attached hydrogen (secondary N) is 3. The van der Waals surface area contributed by atoms with Gasteiger partial charge in [-0.2, -0.15) is 0 Å². The van der Waals surface area contributed by atoms with Gasteiger partial charge in [0.1, 0.15) is 6.54 Å². The Morgan fingerprint density at radius 3 is 2.58 bits per heavy atom. The van der Waals surface area contributed by atoms with E-state index in [1.807, 2.05) is 27.7 Å². The summed E-state index contributed by atoms with van der Waals surface area (Å²) < 4.78 is 5.21. The summed E-state index contributed by atoms with van der Waals surface area (Å²) in [5.41, 5.74) is 2.17. The number of nitrogens with zero attached hydrogens (tertiary/aromatic N) is 1. The largest absolute Gasteiger partial charge is 0.382 e. The maximum absolute atomic E-state index is 11.6. The average molecular weight is 273 g/mol. The summed E-state index contributed by atoms with van der Waals surface area (Å²) in [5, 5.41) is 5.82. The molecule has 0 atom stereocenters.